The molecule has 0 saturated carbocycles. The van der Waals surface area contributed by atoms with Gasteiger partial charge in [-0.2, -0.15) is 0 Å². The Morgan fingerprint density at radius 3 is 1.84 bits per heavy atom. The van der Waals surface area contributed by atoms with Crippen LogP contribution in [-0.4, -0.2) is 31.2 Å². The summed E-state index contributed by atoms with van der Waals surface area (Å²) in [7, 11) is 3.07. The quantitative estimate of drug-likeness (QED) is 0.833. The van der Waals surface area contributed by atoms with Crippen LogP contribution in [0.3, 0.4) is 0 Å². The molecule has 1 unspecified atom stereocenters. The highest BCUT2D eigenvalue weighted by atomic mass is 16.7. The molecular weight excluding hydrogens is 240 g/mol. The van der Waals surface area contributed by atoms with E-state index in [1.165, 1.54) is 19.8 Å². The Morgan fingerprint density at radius 2 is 1.47 bits per heavy atom. The summed E-state index contributed by atoms with van der Waals surface area (Å²) in [5, 5.41) is 10.4. The molecule has 0 amide bonds. The summed E-state index contributed by atoms with van der Waals surface area (Å²) < 4.78 is 10.3. The van der Waals surface area contributed by atoms with Crippen molar-refractivity contribution in [2.24, 2.45) is 0 Å². The summed E-state index contributed by atoms with van der Waals surface area (Å²) >= 11 is 0. The molecule has 0 radical (unpaired) electrons. The maximum atomic E-state index is 10.4. The van der Waals surface area contributed by atoms with Gasteiger partial charge >= 0.3 is 0 Å². The van der Waals surface area contributed by atoms with Crippen LogP contribution in [0.15, 0.2) is 24.3 Å². The van der Waals surface area contributed by atoms with Crippen molar-refractivity contribution in [3.05, 3.63) is 35.4 Å². The molecule has 3 heteroatoms. The number of ether oxygens (including phenoxy) is 2. The second kappa shape index (κ2) is 6.04. The molecule has 19 heavy (non-hydrogen) atoms. The van der Waals surface area contributed by atoms with E-state index in [-0.39, 0.29) is 5.41 Å². The number of benzene rings is 1. The maximum absolute atomic E-state index is 10.4. The van der Waals surface area contributed by atoms with Crippen molar-refractivity contribution in [1.82, 2.24) is 0 Å². The molecular formula is C16H26O3. The Hall–Kier alpha value is -0.900. The van der Waals surface area contributed by atoms with E-state index < -0.39 is 11.9 Å². The average Bonchev–Trinajstić information content (AvgIpc) is 2.29. The van der Waals surface area contributed by atoms with Crippen LogP contribution >= 0.6 is 0 Å². The second-order valence-corrected chi connectivity index (χ2v) is 6.28. The number of hydrogen-bond acceptors (Lipinski definition) is 3. The maximum Gasteiger partial charge on any atom is 0.185 e. The Morgan fingerprint density at radius 1 is 1.00 bits per heavy atom. The molecule has 0 bridgehead atoms. The van der Waals surface area contributed by atoms with Gasteiger partial charge in [0.2, 0.25) is 0 Å². The van der Waals surface area contributed by atoms with Crippen molar-refractivity contribution in [2.45, 2.75) is 51.4 Å². The van der Waals surface area contributed by atoms with E-state index in [1.54, 1.807) is 6.92 Å². The third-order valence-electron chi connectivity index (χ3n) is 3.32. The third kappa shape index (κ3) is 4.30. The van der Waals surface area contributed by atoms with Gasteiger partial charge in [-0.25, -0.2) is 0 Å². The predicted molar refractivity (Wildman–Crippen MR) is 77.3 cm³/mol. The highest BCUT2D eigenvalue weighted by molar-refractivity contribution is 5.28. The second-order valence-electron chi connectivity index (χ2n) is 6.28. The molecule has 108 valence electrons. The standard InChI is InChI=1S/C16H26O3/c1-15(2,3)13-9-7-12(8-10-13)11-16(4,17)14(18-5)19-6/h7-10,14,17H,11H2,1-6H3. The van der Waals surface area contributed by atoms with Gasteiger partial charge in [-0.3, -0.25) is 0 Å². The van der Waals surface area contributed by atoms with Crippen molar-refractivity contribution in [3.63, 3.8) is 0 Å². The van der Waals surface area contributed by atoms with Crippen LogP contribution in [-0.2, 0) is 21.3 Å². The van der Waals surface area contributed by atoms with Crippen LogP contribution in [0, 0.1) is 0 Å². The fraction of sp³-hybridized carbons (Fsp3) is 0.625. The van der Waals surface area contributed by atoms with Gasteiger partial charge in [-0.15, -0.1) is 0 Å². The highest BCUT2D eigenvalue weighted by Gasteiger charge is 2.32. The first-order valence-corrected chi connectivity index (χ1v) is 6.58. The van der Waals surface area contributed by atoms with E-state index in [4.69, 9.17) is 9.47 Å². The molecule has 0 spiro atoms. The first kappa shape index (κ1) is 16.2. The summed E-state index contributed by atoms with van der Waals surface area (Å²) in [6, 6.07) is 8.33. The SMILES string of the molecule is COC(OC)C(C)(O)Cc1ccc(C(C)(C)C)cc1. The van der Waals surface area contributed by atoms with Crippen LogP contribution < -0.4 is 0 Å². The largest absolute Gasteiger partial charge is 0.385 e. The van der Waals surface area contributed by atoms with Gasteiger partial charge in [-0.05, 0) is 23.5 Å². The molecule has 1 N–H and O–H groups in total. The summed E-state index contributed by atoms with van der Waals surface area (Å²) in [5.74, 6) is 0. The lowest BCUT2D eigenvalue weighted by Crippen LogP contribution is -2.43. The van der Waals surface area contributed by atoms with Gasteiger partial charge in [0.25, 0.3) is 0 Å². The van der Waals surface area contributed by atoms with Crippen molar-refractivity contribution < 1.29 is 14.6 Å². The van der Waals surface area contributed by atoms with Crippen LogP contribution in [0.5, 0.6) is 0 Å². The summed E-state index contributed by atoms with van der Waals surface area (Å²) in [6.07, 6.45) is -0.140. The molecule has 1 rings (SSSR count). The summed E-state index contributed by atoms with van der Waals surface area (Å²) in [4.78, 5) is 0. The minimum atomic E-state index is -1.05. The lowest BCUT2D eigenvalue weighted by atomic mass is 9.85. The Bertz CT molecular complexity index is 383. The zero-order valence-corrected chi connectivity index (χ0v) is 12.9. The molecule has 1 aromatic carbocycles. The smallest absolute Gasteiger partial charge is 0.185 e. The van der Waals surface area contributed by atoms with E-state index in [2.05, 4.69) is 45.0 Å². The van der Waals surface area contributed by atoms with Crippen molar-refractivity contribution in [2.75, 3.05) is 14.2 Å². The lowest BCUT2D eigenvalue weighted by molar-refractivity contribution is -0.207. The molecule has 1 aromatic rings. The van der Waals surface area contributed by atoms with Crippen LogP contribution in [0.4, 0.5) is 0 Å². The van der Waals surface area contributed by atoms with E-state index in [9.17, 15) is 5.11 Å². The normalized spacial score (nSPS) is 15.6. The van der Waals surface area contributed by atoms with Crippen LogP contribution in [0.25, 0.3) is 0 Å². The molecule has 0 aliphatic rings. The van der Waals surface area contributed by atoms with Crippen molar-refractivity contribution >= 4 is 0 Å². The molecule has 0 aliphatic heterocycles. The Kier molecular flexibility index (Phi) is 5.13. The van der Waals surface area contributed by atoms with Gasteiger partial charge in [0.05, 0.1) is 0 Å². The molecule has 0 saturated heterocycles. The zero-order valence-electron chi connectivity index (χ0n) is 12.9. The zero-order chi connectivity index (χ0) is 14.7. The lowest BCUT2D eigenvalue weighted by Gasteiger charge is -2.30. The topological polar surface area (TPSA) is 38.7 Å². The van der Waals surface area contributed by atoms with Crippen molar-refractivity contribution in [3.8, 4) is 0 Å². The number of methoxy groups -OCH3 is 2. The number of aliphatic hydroxyl groups is 1. The Labute approximate surface area is 116 Å². The molecule has 0 aromatic heterocycles. The van der Waals surface area contributed by atoms with Gasteiger partial charge in [0.15, 0.2) is 6.29 Å². The predicted octanol–water partition coefficient (Wildman–Crippen LogP) is 2.90. The van der Waals surface area contributed by atoms with E-state index in [0.717, 1.165) is 5.56 Å². The first-order chi connectivity index (χ1) is 8.70. The van der Waals surface area contributed by atoms with E-state index in [0.29, 0.717) is 6.42 Å². The van der Waals surface area contributed by atoms with Gasteiger partial charge in [0.1, 0.15) is 5.60 Å². The molecule has 0 fully saturated rings. The monoisotopic (exact) mass is 266 g/mol. The first-order valence-electron chi connectivity index (χ1n) is 6.58. The fourth-order valence-electron chi connectivity index (χ4n) is 2.22. The average molecular weight is 266 g/mol. The number of rotatable bonds is 5. The van der Waals surface area contributed by atoms with Crippen LogP contribution in [0.2, 0.25) is 0 Å². The fourth-order valence-corrected chi connectivity index (χ4v) is 2.22. The van der Waals surface area contributed by atoms with E-state index >= 15 is 0 Å². The van der Waals surface area contributed by atoms with Crippen LogP contribution in [0.1, 0.15) is 38.8 Å². The van der Waals surface area contributed by atoms with Gasteiger partial charge in [0, 0.05) is 20.6 Å². The molecule has 0 heterocycles. The third-order valence-corrected chi connectivity index (χ3v) is 3.32. The molecule has 3 nitrogen and oxygen atoms in total. The summed E-state index contributed by atoms with van der Waals surface area (Å²) in [6.45, 7) is 8.28. The van der Waals surface area contributed by atoms with Gasteiger partial charge in [-0.1, -0.05) is 45.0 Å². The van der Waals surface area contributed by atoms with E-state index in [1.807, 2.05) is 0 Å². The molecule has 1 atom stereocenters. The minimum absolute atomic E-state index is 0.142. The molecule has 0 aliphatic carbocycles. The Balaban J connectivity index is 2.83. The number of hydrogen-bond donors (Lipinski definition) is 1. The minimum Gasteiger partial charge on any atom is -0.385 e. The van der Waals surface area contributed by atoms with Crippen molar-refractivity contribution in [1.29, 1.82) is 0 Å². The summed E-state index contributed by atoms with van der Waals surface area (Å²) in [5.41, 5.74) is 1.44. The van der Waals surface area contributed by atoms with Gasteiger partial charge < -0.3 is 14.6 Å². The highest BCUT2D eigenvalue weighted by Crippen LogP contribution is 2.24.